The third-order valence-electron chi connectivity index (χ3n) is 2.43. The average Bonchev–Trinajstić information content (AvgIpc) is 2.29. The Bertz CT molecular complexity index is 294. The molecule has 0 N–H and O–H groups in total. The molecule has 2 rings (SSSR count). The average molecular weight is 181 g/mol. The fraction of sp³-hybridized carbons (Fsp3) is 0.700. The smallest absolute Gasteiger partial charge is 0.127 e. The first-order chi connectivity index (χ1) is 6.09. The fourth-order valence-electron chi connectivity index (χ4n) is 1.49. The predicted octanol–water partition coefficient (Wildman–Crippen LogP) is 2.09. The first-order valence-electron chi connectivity index (χ1n) is 4.61. The molecule has 13 heavy (non-hydrogen) atoms. The Morgan fingerprint density at radius 1 is 1.38 bits per heavy atom. The number of rotatable bonds is 1. The van der Waals surface area contributed by atoms with Crippen LogP contribution >= 0.6 is 0 Å². The van der Waals surface area contributed by atoms with Gasteiger partial charge >= 0.3 is 0 Å². The summed E-state index contributed by atoms with van der Waals surface area (Å²) in [6.07, 6.45) is 1.76. The molecule has 1 aromatic heterocycles. The van der Waals surface area contributed by atoms with Crippen molar-refractivity contribution >= 4 is 0 Å². The molecule has 0 aliphatic carbocycles. The third kappa shape index (κ3) is 1.48. The van der Waals surface area contributed by atoms with E-state index in [0.29, 0.717) is 5.92 Å². The van der Waals surface area contributed by atoms with E-state index in [1.165, 1.54) is 5.56 Å². The van der Waals surface area contributed by atoms with E-state index in [9.17, 15) is 0 Å². The van der Waals surface area contributed by atoms with Crippen LogP contribution in [0.1, 0.15) is 37.9 Å². The van der Waals surface area contributed by atoms with Crippen molar-refractivity contribution in [2.75, 3.05) is 13.2 Å². The Morgan fingerprint density at radius 2 is 2.08 bits per heavy atom. The highest BCUT2D eigenvalue weighted by Crippen LogP contribution is 2.32. The van der Waals surface area contributed by atoms with Crippen LogP contribution in [0.25, 0.3) is 0 Å². The molecule has 1 saturated heterocycles. The van der Waals surface area contributed by atoms with Crippen molar-refractivity contribution in [3.8, 4) is 0 Å². The van der Waals surface area contributed by atoms with Gasteiger partial charge in [0.2, 0.25) is 0 Å². The van der Waals surface area contributed by atoms with Crippen LogP contribution in [0.2, 0.25) is 0 Å². The van der Waals surface area contributed by atoms with Crippen LogP contribution in [0.4, 0.5) is 0 Å². The SMILES string of the molecule is CC(C)(C)c1conc1C1COC1. The number of ether oxygens (including phenoxy) is 1. The monoisotopic (exact) mass is 181 g/mol. The number of nitrogens with zero attached hydrogens (tertiary/aromatic N) is 1. The van der Waals surface area contributed by atoms with Crippen LogP contribution in [-0.4, -0.2) is 18.4 Å². The lowest BCUT2D eigenvalue weighted by Crippen LogP contribution is -2.28. The molecule has 1 aliphatic rings. The zero-order valence-electron chi connectivity index (χ0n) is 8.33. The van der Waals surface area contributed by atoms with Crippen LogP contribution in [0, 0.1) is 0 Å². The molecule has 0 bridgehead atoms. The van der Waals surface area contributed by atoms with Crippen molar-refractivity contribution in [2.24, 2.45) is 0 Å². The van der Waals surface area contributed by atoms with Gasteiger partial charge in [0.25, 0.3) is 0 Å². The summed E-state index contributed by atoms with van der Waals surface area (Å²) in [6.45, 7) is 8.08. The van der Waals surface area contributed by atoms with Gasteiger partial charge in [-0.25, -0.2) is 0 Å². The van der Waals surface area contributed by atoms with Crippen molar-refractivity contribution in [2.45, 2.75) is 32.1 Å². The zero-order chi connectivity index (χ0) is 9.47. The van der Waals surface area contributed by atoms with E-state index < -0.39 is 0 Å². The second-order valence-corrected chi connectivity index (χ2v) is 4.60. The van der Waals surface area contributed by atoms with Gasteiger partial charge in [0, 0.05) is 5.56 Å². The predicted molar refractivity (Wildman–Crippen MR) is 48.8 cm³/mol. The second-order valence-electron chi connectivity index (χ2n) is 4.60. The van der Waals surface area contributed by atoms with E-state index >= 15 is 0 Å². The molecule has 2 heterocycles. The first-order valence-corrected chi connectivity index (χ1v) is 4.61. The molecule has 1 fully saturated rings. The molecule has 0 unspecified atom stereocenters. The molecule has 1 aliphatic heterocycles. The maximum atomic E-state index is 5.14. The molecule has 0 saturated carbocycles. The molecule has 0 aromatic carbocycles. The molecule has 3 nitrogen and oxygen atoms in total. The summed E-state index contributed by atoms with van der Waals surface area (Å²) in [5.41, 5.74) is 2.41. The summed E-state index contributed by atoms with van der Waals surface area (Å²) in [4.78, 5) is 0. The highest BCUT2D eigenvalue weighted by atomic mass is 16.5. The van der Waals surface area contributed by atoms with Gasteiger partial charge < -0.3 is 9.26 Å². The van der Waals surface area contributed by atoms with Gasteiger partial charge in [0.1, 0.15) is 6.26 Å². The lowest BCUT2D eigenvalue weighted by Gasteiger charge is -2.27. The summed E-state index contributed by atoms with van der Waals surface area (Å²) in [5.74, 6) is 0.452. The maximum absolute atomic E-state index is 5.14. The lowest BCUT2D eigenvalue weighted by molar-refractivity contribution is 0.00500. The Kier molecular flexibility index (Phi) is 1.91. The normalized spacial score (nSPS) is 18.7. The summed E-state index contributed by atoms with van der Waals surface area (Å²) in [5, 5.41) is 4.05. The molecule has 0 spiro atoms. The van der Waals surface area contributed by atoms with Crippen molar-refractivity contribution < 1.29 is 9.26 Å². The minimum atomic E-state index is 0.116. The van der Waals surface area contributed by atoms with Crippen molar-refractivity contribution in [1.29, 1.82) is 0 Å². The van der Waals surface area contributed by atoms with Crippen molar-refractivity contribution in [1.82, 2.24) is 5.16 Å². The summed E-state index contributed by atoms with van der Waals surface area (Å²) >= 11 is 0. The minimum absolute atomic E-state index is 0.116. The van der Waals surface area contributed by atoms with Gasteiger partial charge in [-0.15, -0.1) is 0 Å². The van der Waals surface area contributed by atoms with Gasteiger partial charge in [0.05, 0.1) is 24.8 Å². The number of hydrogen-bond acceptors (Lipinski definition) is 3. The van der Waals surface area contributed by atoms with Gasteiger partial charge in [0.15, 0.2) is 0 Å². The molecule has 0 amide bonds. The number of aromatic nitrogens is 1. The van der Waals surface area contributed by atoms with Crippen LogP contribution in [0.15, 0.2) is 10.8 Å². The van der Waals surface area contributed by atoms with Crippen LogP contribution in [0.5, 0.6) is 0 Å². The van der Waals surface area contributed by atoms with E-state index in [0.717, 1.165) is 18.9 Å². The minimum Gasteiger partial charge on any atom is -0.380 e. The Hall–Kier alpha value is -0.830. The molecule has 0 radical (unpaired) electrons. The summed E-state index contributed by atoms with van der Waals surface area (Å²) < 4.78 is 10.2. The molecular formula is C10H15NO2. The summed E-state index contributed by atoms with van der Waals surface area (Å²) in [7, 11) is 0. The maximum Gasteiger partial charge on any atom is 0.127 e. The Labute approximate surface area is 78.1 Å². The Morgan fingerprint density at radius 3 is 2.54 bits per heavy atom. The first kappa shape index (κ1) is 8.75. The standard InChI is InChI=1S/C10H15NO2/c1-10(2,3)8-6-13-11-9(8)7-4-12-5-7/h6-7H,4-5H2,1-3H3. The lowest BCUT2D eigenvalue weighted by atomic mass is 9.84. The van der Waals surface area contributed by atoms with E-state index in [4.69, 9.17) is 9.26 Å². The van der Waals surface area contributed by atoms with Crippen LogP contribution < -0.4 is 0 Å². The van der Waals surface area contributed by atoms with E-state index in [1.807, 2.05) is 0 Å². The van der Waals surface area contributed by atoms with Gasteiger partial charge in [-0.05, 0) is 5.41 Å². The zero-order valence-corrected chi connectivity index (χ0v) is 8.33. The highest BCUT2D eigenvalue weighted by molar-refractivity contribution is 5.27. The number of hydrogen-bond donors (Lipinski definition) is 0. The second kappa shape index (κ2) is 2.84. The van der Waals surface area contributed by atoms with E-state index in [1.54, 1.807) is 6.26 Å². The van der Waals surface area contributed by atoms with Crippen molar-refractivity contribution in [3.63, 3.8) is 0 Å². The molecule has 1 aromatic rings. The fourth-order valence-corrected chi connectivity index (χ4v) is 1.49. The summed E-state index contributed by atoms with van der Waals surface area (Å²) in [6, 6.07) is 0. The van der Waals surface area contributed by atoms with Crippen molar-refractivity contribution in [3.05, 3.63) is 17.5 Å². The van der Waals surface area contributed by atoms with Crippen LogP contribution in [-0.2, 0) is 10.2 Å². The molecule has 72 valence electrons. The quantitative estimate of drug-likeness (QED) is 0.665. The molecular weight excluding hydrogens is 166 g/mol. The molecule has 0 atom stereocenters. The van der Waals surface area contributed by atoms with Gasteiger partial charge in [-0.2, -0.15) is 0 Å². The van der Waals surface area contributed by atoms with Gasteiger partial charge in [-0.1, -0.05) is 25.9 Å². The highest BCUT2D eigenvalue weighted by Gasteiger charge is 2.30. The van der Waals surface area contributed by atoms with Crippen LogP contribution in [0.3, 0.4) is 0 Å². The third-order valence-corrected chi connectivity index (χ3v) is 2.43. The largest absolute Gasteiger partial charge is 0.380 e. The Balaban J connectivity index is 2.30. The van der Waals surface area contributed by atoms with Gasteiger partial charge in [-0.3, -0.25) is 0 Å². The van der Waals surface area contributed by atoms with E-state index in [-0.39, 0.29) is 5.41 Å². The molecule has 3 heteroatoms. The van der Waals surface area contributed by atoms with E-state index in [2.05, 4.69) is 25.9 Å². The topological polar surface area (TPSA) is 35.3 Å².